The summed E-state index contributed by atoms with van der Waals surface area (Å²) in [5, 5.41) is 0. The zero-order chi connectivity index (χ0) is 17.7. The molecule has 122 valence electrons. The predicted octanol–water partition coefficient (Wildman–Crippen LogP) is 2.03. The Labute approximate surface area is 133 Å². The number of carbonyl (C=O) groups excluding carboxylic acids is 4. The molecule has 0 bridgehead atoms. The first-order valence-corrected chi connectivity index (χ1v) is 6.42. The van der Waals surface area contributed by atoms with Crippen LogP contribution in [0.1, 0.15) is 20.7 Å². The van der Waals surface area contributed by atoms with Crippen molar-refractivity contribution in [1.29, 1.82) is 0 Å². The second-order valence-corrected chi connectivity index (χ2v) is 4.31. The van der Waals surface area contributed by atoms with Crippen molar-refractivity contribution in [3.05, 3.63) is 71.3 Å². The molecule has 0 spiro atoms. The fraction of sp³-hybridized carbons (Fsp3) is 0. The van der Waals surface area contributed by atoms with Gasteiger partial charge in [-0.25, -0.2) is 28.0 Å². The Morgan fingerprint density at radius 3 is 1.29 bits per heavy atom. The minimum atomic E-state index is -1.84. The van der Waals surface area contributed by atoms with Crippen molar-refractivity contribution < 1.29 is 37.4 Å². The molecule has 0 radical (unpaired) electrons. The number of ether oxygens (including phenoxy) is 2. The topological polar surface area (TPSA) is 86.7 Å². The summed E-state index contributed by atoms with van der Waals surface area (Å²) in [6.45, 7) is 0. The van der Waals surface area contributed by atoms with Crippen LogP contribution >= 0.6 is 0 Å². The quantitative estimate of drug-likeness (QED) is 0.474. The standard InChI is InChI=1S/C16H8F2O6/c17-11-7-3-1-5-9(11)13(19)23-15(21)16(22)24-14(20)10-6-2-4-8-12(10)18/h1-8H. The summed E-state index contributed by atoms with van der Waals surface area (Å²) in [6.07, 6.45) is 0. The van der Waals surface area contributed by atoms with Crippen LogP contribution in [0.5, 0.6) is 0 Å². The van der Waals surface area contributed by atoms with Crippen LogP contribution < -0.4 is 0 Å². The lowest BCUT2D eigenvalue weighted by Gasteiger charge is -2.04. The summed E-state index contributed by atoms with van der Waals surface area (Å²) in [7, 11) is 0. The highest BCUT2D eigenvalue weighted by Crippen LogP contribution is 2.10. The van der Waals surface area contributed by atoms with Crippen molar-refractivity contribution in [1.82, 2.24) is 0 Å². The van der Waals surface area contributed by atoms with Crippen LogP contribution in [-0.2, 0) is 19.1 Å². The van der Waals surface area contributed by atoms with Gasteiger partial charge in [0.2, 0.25) is 0 Å². The molecule has 24 heavy (non-hydrogen) atoms. The van der Waals surface area contributed by atoms with Gasteiger partial charge in [-0.15, -0.1) is 0 Å². The van der Waals surface area contributed by atoms with Gasteiger partial charge in [-0.2, -0.15) is 0 Å². The molecule has 0 unspecified atom stereocenters. The highest BCUT2D eigenvalue weighted by atomic mass is 19.1. The fourth-order valence-electron chi connectivity index (χ4n) is 1.62. The second-order valence-electron chi connectivity index (χ2n) is 4.31. The molecule has 0 aliphatic rings. The van der Waals surface area contributed by atoms with Crippen LogP contribution in [0.25, 0.3) is 0 Å². The number of hydrogen-bond donors (Lipinski definition) is 0. The number of hydrogen-bond acceptors (Lipinski definition) is 6. The van der Waals surface area contributed by atoms with E-state index in [1.165, 1.54) is 24.3 Å². The average molecular weight is 334 g/mol. The monoisotopic (exact) mass is 334 g/mol. The van der Waals surface area contributed by atoms with E-state index in [2.05, 4.69) is 9.47 Å². The van der Waals surface area contributed by atoms with E-state index in [1.54, 1.807) is 0 Å². The third kappa shape index (κ3) is 3.86. The Morgan fingerprint density at radius 1 is 0.625 bits per heavy atom. The van der Waals surface area contributed by atoms with E-state index in [0.717, 1.165) is 24.3 Å². The van der Waals surface area contributed by atoms with Gasteiger partial charge in [0.25, 0.3) is 0 Å². The Morgan fingerprint density at radius 2 is 0.958 bits per heavy atom. The van der Waals surface area contributed by atoms with Gasteiger partial charge in [0.1, 0.15) is 11.6 Å². The number of carbonyl (C=O) groups is 4. The van der Waals surface area contributed by atoms with Gasteiger partial charge < -0.3 is 9.47 Å². The van der Waals surface area contributed by atoms with Crippen LogP contribution in [-0.4, -0.2) is 23.9 Å². The SMILES string of the molecule is O=C(OC(=O)c1ccccc1F)C(=O)OC(=O)c1ccccc1F. The second kappa shape index (κ2) is 7.23. The van der Waals surface area contributed by atoms with Gasteiger partial charge in [0.15, 0.2) is 0 Å². The van der Waals surface area contributed by atoms with Crippen LogP contribution in [0.2, 0.25) is 0 Å². The van der Waals surface area contributed by atoms with Gasteiger partial charge in [-0.3, -0.25) is 0 Å². The molecule has 2 rings (SSSR count). The molecule has 0 aromatic heterocycles. The maximum Gasteiger partial charge on any atom is 0.425 e. The van der Waals surface area contributed by atoms with Gasteiger partial charge >= 0.3 is 23.9 Å². The number of rotatable bonds is 2. The molecular weight excluding hydrogens is 326 g/mol. The molecule has 0 fully saturated rings. The van der Waals surface area contributed by atoms with E-state index < -0.39 is 46.6 Å². The molecule has 0 saturated carbocycles. The van der Waals surface area contributed by atoms with Crippen molar-refractivity contribution >= 4 is 23.9 Å². The Hall–Kier alpha value is -3.42. The lowest BCUT2D eigenvalue weighted by molar-refractivity contribution is -0.160. The molecule has 0 saturated heterocycles. The van der Waals surface area contributed by atoms with E-state index >= 15 is 0 Å². The van der Waals surface area contributed by atoms with E-state index in [9.17, 15) is 28.0 Å². The maximum atomic E-state index is 13.3. The first-order valence-electron chi connectivity index (χ1n) is 6.42. The maximum absolute atomic E-state index is 13.3. The third-order valence-corrected chi connectivity index (χ3v) is 2.72. The van der Waals surface area contributed by atoms with Crippen molar-refractivity contribution in [2.75, 3.05) is 0 Å². The molecule has 0 N–H and O–H groups in total. The molecule has 2 aromatic carbocycles. The number of esters is 4. The van der Waals surface area contributed by atoms with Gasteiger partial charge in [-0.1, -0.05) is 24.3 Å². The fourth-order valence-corrected chi connectivity index (χ4v) is 1.62. The summed E-state index contributed by atoms with van der Waals surface area (Å²) in [5.41, 5.74) is -1.17. The van der Waals surface area contributed by atoms with E-state index in [-0.39, 0.29) is 0 Å². The summed E-state index contributed by atoms with van der Waals surface area (Å²) in [4.78, 5) is 45.9. The molecule has 2 aromatic rings. The number of benzene rings is 2. The van der Waals surface area contributed by atoms with Gasteiger partial charge in [-0.05, 0) is 24.3 Å². The summed E-state index contributed by atoms with van der Waals surface area (Å²) in [6, 6.07) is 9.17. The number of halogens is 2. The molecule has 0 atom stereocenters. The Balaban J connectivity index is 2.01. The lowest BCUT2D eigenvalue weighted by atomic mass is 10.2. The normalized spacial score (nSPS) is 9.92. The van der Waals surface area contributed by atoms with Crippen molar-refractivity contribution in [2.45, 2.75) is 0 Å². The van der Waals surface area contributed by atoms with Crippen molar-refractivity contribution in [2.24, 2.45) is 0 Å². The minimum Gasteiger partial charge on any atom is -0.381 e. The third-order valence-electron chi connectivity index (χ3n) is 2.72. The molecular formula is C16H8F2O6. The summed E-state index contributed by atoms with van der Waals surface area (Å²) in [5.74, 6) is -8.49. The van der Waals surface area contributed by atoms with E-state index in [1.807, 2.05) is 0 Å². The molecule has 0 aliphatic heterocycles. The Kier molecular flexibility index (Phi) is 5.10. The predicted molar refractivity (Wildman–Crippen MR) is 73.6 cm³/mol. The van der Waals surface area contributed by atoms with Gasteiger partial charge in [0, 0.05) is 0 Å². The molecule has 0 heterocycles. The minimum absolute atomic E-state index is 0.584. The first kappa shape index (κ1) is 16.9. The molecule has 8 heteroatoms. The molecule has 0 amide bonds. The van der Waals surface area contributed by atoms with Crippen LogP contribution in [0.4, 0.5) is 8.78 Å². The van der Waals surface area contributed by atoms with Gasteiger partial charge in [0.05, 0.1) is 11.1 Å². The largest absolute Gasteiger partial charge is 0.425 e. The van der Waals surface area contributed by atoms with Crippen molar-refractivity contribution in [3.63, 3.8) is 0 Å². The summed E-state index contributed by atoms with van der Waals surface area (Å²) < 4.78 is 34.9. The highest BCUT2D eigenvalue weighted by Gasteiger charge is 2.27. The summed E-state index contributed by atoms with van der Waals surface area (Å²) >= 11 is 0. The zero-order valence-electron chi connectivity index (χ0n) is 11.8. The van der Waals surface area contributed by atoms with Crippen molar-refractivity contribution in [3.8, 4) is 0 Å². The molecule has 6 nitrogen and oxygen atoms in total. The molecule has 0 aliphatic carbocycles. The van der Waals surface area contributed by atoms with Crippen LogP contribution in [0.15, 0.2) is 48.5 Å². The zero-order valence-corrected chi connectivity index (χ0v) is 11.8. The Bertz CT molecular complexity index is 761. The van der Waals surface area contributed by atoms with E-state index in [0.29, 0.717) is 0 Å². The average Bonchev–Trinajstić information content (AvgIpc) is 2.55. The smallest absolute Gasteiger partial charge is 0.381 e. The first-order chi connectivity index (χ1) is 11.4. The van der Waals surface area contributed by atoms with Crippen LogP contribution in [0, 0.1) is 11.6 Å². The van der Waals surface area contributed by atoms with E-state index in [4.69, 9.17) is 0 Å². The lowest BCUT2D eigenvalue weighted by Crippen LogP contribution is -2.26. The van der Waals surface area contributed by atoms with Crippen LogP contribution in [0.3, 0.4) is 0 Å². The highest BCUT2D eigenvalue weighted by molar-refractivity contribution is 6.34.